The van der Waals surface area contributed by atoms with Gasteiger partial charge in [0.1, 0.15) is 0 Å². The molecule has 0 bridgehead atoms. The Morgan fingerprint density at radius 2 is 1.89 bits per heavy atom. The highest BCUT2D eigenvalue weighted by Gasteiger charge is 1.94. The maximum atomic E-state index is 3.59. The van der Waals surface area contributed by atoms with E-state index >= 15 is 0 Å². The van der Waals surface area contributed by atoms with Gasteiger partial charge in [0.2, 0.25) is 0 Å². The van der Waals surface area contributed by atoms with E-state index < -0.39 is 0 Å². The first-order valence-corrected chi connectivity index (χ1v) is 3.07. The Balaban J connectivity index is 2.45. The van der Waals surface area contributed by atoms with E-state index in [-0.39, 0.29) is 0 Å². The summed E-state index contributed by atoms with van der Waals surface area (Å²) in [7, 11) is 0. The molecule has 0 aromatic carbocycles. The van der Waals surface area contributed by atoms with Gasteiger partial charge in [0.05, 0.1) is 0 Å². The summed E-state index contributed by atoms with van der Waals surface area (Å²) in [5, 5.41) is 0. The summed E-state index contributed by atoms with van der Waals surface area (Å²) in [5.41, 5.74) is 0. The molecule has 0 saturated heterocycles. The third-order valence-electron chi connectivity index (χ3n) is 1.25. The Hall–Kier alpha value is -1.04. The average molecular weight is 118 g/mol. The van der Waals surface area contributed by atoms with Crippen LogP contribution in [-0.2, 0) is 0 Å². The van der Waals surface area contributed by atoms with Crippen molar-refractivity contribution in [2.75, 3.05) is 0 Å². The highest BCUT2D eigenvalue weighted by atomic mass is 14.0. The smallest absolute Gasteiger partial charge is 0.0136 e. The highest BCUT2D eigenvalue weighted by Crippen LogP contribution is 2.09. The number of rotatable bonds is 2. The molecule has 1 aliphatic carbocycles. The van der Waals surface area contributed by atoms with Crippen LogP contribution in [0.1, 0.15) is 0 Å². The lowest BCUT2D eigenvalue weighted by atomic mass is 10.1. The van der Waals surface area contributed by atoms with E-state index in [1.165, 1.54) is 0 Å². The lowest BCUT2D eigenvalue weighted by molar-refractivity contribution is 1.09. The van der Waals surface area contributed by atoms with Crippen molar-refractivity contribution in [3.05, 3.63) is 49.1 Å². The van der Waals surface area contributed by atoms with Gasteiger partial charge in [-0.05, 0) is 0 Å². The molecule has 1 rings (SSSR count). The lowest BCUT2D eigenvalue weighted by Crippen LogP contribution is -1.78. The van der Waals surface area contributed by atoms with Gasteiger partial charge >= 0.3 is 0 Å². The van der Waals surface area contributed by atoms with Gasteiger partial charge < -0.3 is 0 Å². The molecule has 0 fully saturated rings. The Morgan fingerprint density at radius 1 is 1.22 bits per heavy atom. The number of hydrogen-bond donors (Lipinski definition) is 0. The zero-order chi connectivity index (χ0) is 6.53. The Kier molecular flexibility index (Phi) is 2.08. The van der Waals surface area contributed by atoms with Crippen LogP contribution in [0.5, 0.6) is 0 Å². The van der Waals surface area contributed by atoms with E-state index in [0.29, 0.717) is 5.92 Å². The van der Waals surface area contributed by atoms with Gasteiger partial charge in [-0.15, -0.1) is 0 Å². The molecule has 0 unspecified atom stereocenters. The SMILES string of the molecule is C=C/C=C/C1C=CC=C1. The van der Waals surface area contributed by atoms with E-state index in [2.05, 4.69) is 37.0 Å². The second kappa shape index (κ2) is 3.08. The van der Waals surface area contributed by atoms with Gasteiger partial charge in [0.15, 0.2) is 0 Å². The second-order valence-corrected chi connectivity index (χ2v) is 1.97. The second-order valence-electron chi connectivity index (χ2n) is 1.97. The van der Waals surface area contributed by atoms with Gasteiger partial charge in [0.25, 0.3) is 0 Å². The van der Waals surface area contributed by atoms with Crippen molar-refractivity contribution in [3.8, 4) is 0 Å². The third kappa shape index (κ3) is 1.73. The largest absolute Gasteiger partial charge is 0.0991 e. The summed E-state index contributed by atoms with van der Waals surface area (Å²) in [6.07, 6.45) is 14.2. The van der Waals surface area contributed by atoms with Crippen LogP contribution in [0.4, 0.5) is 0 Å². The monoisotopic (exact) mass is 118 g/mol. The molecule has 0 spiro atoms. The van der Waals surface area contributed by atoms with Crippen molar-refractivity contribution in [1.82, 2.24) is 0 Å². The standard InChI is InChI=1S/C9H10/c1-2-3-6-9-7-4-5-8-9/h2-9H,1H2/b6-3+. The summed E-state index contributed by atoms with van der Waals surface area (Å²) >= 11 is 0. The molecular weight excluding hydrogens is 108 g/mol. The van der Waals surface area contributed by atoms with Crippen LogP contribution in [0, 0.1) is 5.92 Å². The summed E-state index contributed by atoms with van der Waals surface area (Å²) in [5.74, 6) is 0.503. The first-order valence-electron chi connectivity index (χ1n) is 3.07. The molecule has 0 radical (unpaired) electrons. The summed E-state index contributed by atoms with van der Waals surface area (Å²) in [6, 6.07) is 0. The normalized spacial score (nSPS) is 17.8. The predicted octanol–water partition coefficient (Wildman–Crippen LogP) is 2.47. The molecule has 0 aromatic heterocycles. The quantitative estimate of drug-likeness (QED) is 0.488. The van der Waals surface area contributed by atoms with Crippen LogP contribution < -0.4 is 0 Å². The van der Waals surface area contributed by atoms with E-state index in [4.69, 9.17) is 0 Å². The summed E-state index contributed by atoms with van der Waals surface area (Å²) in [4.78, 5) is 0. The molecule has 0 aromatic rings. The van der Waals surface area contributed by atoms with Crippen molar-refractivity contribution >= 4 is 0 Å². The van der Waals surface area contributed by atoms with Crippen molar-refractivity contribution in [2.24, 2.45) is 5.92 Å². The molecule has 0 N–H and O–H groups in total. The summed E-state index contributed by atoms with van der Waals surface area (Å²) < 4.78 is 0. The third-order valence-corrected chi connectivity index (χ3v) is 1.25. The Morgan fingerprint density at radius 3 is 2.44 bits per heavy atom. The number of hydrogen-bond acceptors (Lipinski definition) is 0. The van der Waals surface area contributed by atoms with Gasteiger partial charge in [-0.25, -0.2) is 0 Å². The molecule has 1 aliphatic rings. The van der Waals surface area contributed by atoms with Gasteiger partial charge in [-0.1, -0.05) is 49.1 Å². The van der Waals surface area contributed by atoms with Crippen LogP contribution in [0.2, 0.25) is 0 Å². The molecule has 46 valence electrons. The Bertz CT molecular complexity index is 158. The lowest BCUT2D eigenvalue weighted by Gasteiger charge is -1.90. The van der Waals surface area contributed by atoms with Gasteiger partial charge in [0, 0.05) is 5.92 Å². The fourth-order valence-corrected chi connectivity index (χ4v) is 0.784. The van der Waals surface area contributed by atoms with Crippen molar-refractivity contribution in [3.63, 3.8) is 0 Å². The minimum Gasteiger partial charge on any atom is -0.0991 e. The molecule has 9 heavy (non-hydrogen) atoms. The molecule has 0 atom stereocenters. The van der Waals surface area contributed by atoms with Crippen LogP contribution >= 0.6 is 0 Å². The molecule has 0 amide bonds. The molecular formula is C9H10. The first-order chi connectivity index (χ1) is 4.43. The van der Waals surface area contributed by atoms with E-state index in [9.17, 15) is 0 Å². The van der Waals surface area contributed by atoms with Crippen LogP contribution in [-0.4, -0.2) is 0 Å². The predicted molar refractivity (Wildman–Crippen MR) is 41.1 cm³/mol. The zero-order valence-electron chi connectivity index (χ0n) is 5.33. The zero-order valence-corrected chi connectivity index (χ0v) is 5.33. The minimum atomic E-state index is 0.503. The summed E-state index contributed by atoms with van der Waals surface area (Å²) in [6.45, 7) is 3.59. The van der Waals surface area contributed by atoms with Crippen molar-refractivity contribution in [2.45, 2.75) is 0 Å². The fraction of sp³-hybridized carbons (Fsp3) is 0.111. The van der Waals surface area contributed by atoms with Gasteiger partial charge in [-0.3, -0.25) is 0 Å². The maximum Gasteiger partial charge on any atom is 0.0136 e. The molecule has 0 heteroatoms. The van der Waals surface area contributed by atoms with Crippen LogP contribution in [0.25, 0.3) is 0 Å². The first kappa shape index (κ1) is 6.09. The Labute approximate surface area is 55.9 Å². The molecule has 0 nitrogen and oxygen atoms in total. The van der Waals surface area contributed by atoms with E-state index in [1.54, 1.807) is 6.08 Å². The van der Waals surface area contributed by atoms with Gasteiger partial charge in [-0.2, -0.15) is 0 Å². The fourth-order valence-electron chi connectivity index (χ4n) is 0.784. The molecule has 0 aliphatic heterocycles. The van der Waals surface area contributed by atoms with Crippen molar-refractivity contribution < 1.29 is 0 Å². The van der Waals surface area contributed by atoms with E-state index in [0.717, 1.165) is 0 Å². The highest BCUT2D eigenvalue weighted by molar-refractivity contribution is 5.23. The van der Waals surface area contributed by atoms with Crippen LogP contribution in [0.3, 0.4) is 0 Å². The van der Waals surface area contributed by atoms with E-state index in [1.807, 2.05) is 6.08 Å². The van der Waals surface area contributed by atoms with Crippen LogP contribution in [0.15, 0.2) is 49.1 Å². The molecule has 0 saturated carbocycles. The maximum absolute atomic E-state index is 3.59. The van der Waals surface area contributed by atoms with Crippen molar-refractivity contribution in [1.29, 1.82) is 0 Å². The number of allylic oxidation sites excluding steroid dienone is 7. The molecule has 0 heterocycles. The average Bonchev–Trinajstić information content (AvgIpc) is 2.34. The topological polar surface area (TPSA) is 0 Å². The minimum absolute atomic E-state index is 0.503.